The highest BCUT2D eigenvalue weighted by Crippen LogP contribution is 2.38. The van der Waals surface area contributed by atoms with Crippen LogP contribution in [0.25, 0.3) is 0 Å². The maximum absolute atomic E-state index is 12.5. The summed E-state index contributed by atoms with van der Waals surface area (Å²) < 4.78 is 0. The average Bonchev–Trinajstić information content (AvgIpc) is 3.29. The smallest absolute Gasteiger partial charge is 0.233 e. The first kappa shape index (κ1) is 18.0. The van der Waals surface area contributed by atoms with Crippen LogP contribution in [-0.2, 0) is 14.4 Å². The van der Waals surface area contributed by atoms with Crippen LogP contribution in [0, 0.1) is 11.8 Å². The predicted octanol–water partition coefficient (Wildman–Crippen LogP) is 2.79. The topological polar surface area (TPSA) is 69.7 Å². The maximum atomic E-state index is 12.5. The van der Waals surface area contributed by atoms with E-state index in [2.05, 4.69) is 10.2 Å². The Hall–Kier alpha value is -2.37. The van der Waals surface area contributed by atoms with Crippen molar-refractivity contribution in [3.8, 4) is 0 Å². The fraction of sp³-hybridized carbons (Fsp3) is 0.571. The van der Waals surface area contributed by atoms with Crippen LogP contribution < -0.4 is 10.2 Å². The minimum Gasteiger partial charge on any atom is -0.370 e. The van der Waals surface area contributed by atoms with Crippen LogP contribution in [0.3, 0.4) is 0 Å². The van der Waals surface area contributed by atoms with Crippen molar-refractivity contribution in [2.75, 3.05) is 29.9 Å². The minimum atomic E-state index is -0.155. The summed E-state index contributed by atoms with van der Waals surface area (Å²) >= 11 is 0. The summed E-state index contributed by atoms with van der Waals surface area (Å²) in [6.45, 7) is 2.20. The fourth-order valence-electron chi connectivity index (χ4n) is 4.69. The molecule has 144 valence electrons. The highest BCUT2D eigenvalue weighted by Gasteiger charge is 2.47. The number of benzene rings is 1. The zero-order chi connectivity index (χ0) is 18.8. The van der Waals surface area contributed by atoms with Crippen LogP contribution in [0.5, 0.6) is 0 Å². The average molecular weight is 369 g/mol. The summed E-state index contributed by atoms with van der Waals surface area (Å²) in [7, 11) is 0. The third kappa shape index (κ3) is 3.57. The Kier molecular flexibility index (Phi) is 5.14. The molecule has 0 radical (unpaired) electrons. The molecule has 3 amide bonds. The highest BCUT2D eigenvalue weighted by molar-refractivity contribution is 6.05. The Bertz CT molecular complexity index is 718. The first-order valence-corrected chi connectivity index (χ1v) is 10.1. The number of carbonyl (C=O) groups is 3. The van der Waals surface area contributed by atoms with E-state index in [1.165, 1.54) is 17.7 Å². The molecule has 2 aliphatic heterocycles. The van der Waals surface area contributed by atoms with E-state index in [1.54, 1.807) is 0 Å². The van der Waals surface area contributed by atoms with E-state index in [4.69, 9.17) is 0 Å². The van der Waals surface area contributed by atoms with E-state index in [0.717, 1.165) is 50.1 Å². The van der Waals surface area contributed by atoms with Crippen molar-refractivity contribution < 1.29 is 14.4 Å². The van der Waals surface area contributed by atoms with Crippen LogP contribution in [0.4, 0.5) is 11.4 Å². The van der Waals surface area contributed by atoms with Gasteiger partial charge in [-0.2, -0.15) is 0 Å². The largest absolute Gasteiger partial charge is 0.370 e. The van der Waals surface area contributed by atoms with E-state index < -0.39 is 0 Å². The number of hydrogen-bond donors (Lipinski definition) is 1. The van der Waals surface area contributed by atoms with Gasteiger partial charge in [0, 0.05) is 26.1 Å². The number of fused-ring (bicyclic) bond motifs is 1. The summed E-state index contributed by atoms with van der Waals surface area (Å²) in [5.41, 5.74) is 1.85. The number of para-hydroxylation sites is 2. The van der Waals surface area contributed by atoms with Gasteiger partial charge in [-0.15, -0.1) is 0 Å². The second kappa shape index (κ2) is 7.71. The Balaban J connectivity index is 1.37. The number of imide groups is 1. The molecule has 3 aliphatic rings. The molecule has 0 unspecified atom stereocenters. The van der Waals surface area contributed by atoms with E-state index in [9.17, 15) is 14.4 Å². The number of carbonyl (C=O) groups excluding carboxylic acids is 3. The lowest BCUT2D eigenvalue weighted by Gasteiger charge is -2.21. The molecule has 6 heteroatoms. The van der Waals surface area contributed by atoms with Crippen LogP contribution in [0.15, 0.2) is 24.3 Å². The molecule has 2 heterocycles. The zero-order valence-corrected chi connectivity index (χ0v) is 15.7. The SMILES string of the molecule is O=C(CCN1C(=O)[C@H]2CCCC[C@@H]2C1=O)Nc1ccccc1N1CCCC1. The van der Waals surface area contributed by atoms with Crippen molar-refractivity contribution in [3.63, 3.8) is 0 Å². The Morgan fingerprint density at radius 2 is 1.59 bits per heavy atom. The third-order valence-corrected chi connectivity index (χ3v) is 6.12. The molecule has 2 saturated heterocycles. The van der Waals surface area contributed by atoms with E-state index in [1.807, 2.05) is 24.3 Å². The Morgan fingerprint density at radius 3 is 2.26 bits per heavy atom. The van der Waals surface area contributed by atoms with Gasteiger partial charge in [0.05, 0.1) is 23.2 Å². The number of rotatable bonds is 5. The summed E-state index contributed by atoms with van der Waals surface area (Å²) in [6.07, 6.45) is 6.13. The van der Waals surface area contributed by atoms with Crippen molar-refractivity contribution in [1.82, 2.24) is 4.90 Å². The molecule has 2 atom stereocenters. The molecule has 1 saturated carbocycles. The number of nitrogens with zero attached hydrogens (tertiary/aromatic N) is 2. The molecule has 0 bridgehead atoms. The zero-order valence-electron chi connectivity index (χ0n) is 15.7. The molecule has 27 heavy (non-hydrogen) atoms. The summed E-state index contributed by atoms with van der Waals surface area (Å²) in [5.74, 6) is -0.600. The molecule has 4 rings (SSSR count). The molecule has 0 aromatic heterocycles. The van der Waals surface area contributed by atoms with Gasteiger partial charge in [-0.05, 0) is 37.8 Å². The van der Waals surface area contributed by atoms with Crippen LogP contribution >= 0.6 is 0 Å². The van der Waals surface area contributed by atoms with Crippen LogP contribution in [0.1, 0.15) is 44.9 Å². The third-order valence-electron chi connectivity index (χ3n) is 6.12. The monoisotopic (exact) mass is 369 g/mol. The van der Waals surface area contributed by atoms with Crippen molar-refractivity contribution in [2.24, 2.45) is 11.8 Å². The first-order valence-electron chi connectivity index (χ1n) is 10.1. The highest BCUT2D eigenvalue weighted by atomic mass is 16.2. The van der Waals surface area contributed by atoms with Gasteiger partial charge in [-0.25, -0.2) is 0 Å². The van der Waals surface area contributed by atoms with Gasteiger partial charge in [0.25, 0.3) is 0 Å². The molecule has 1 aliphatic carbocycles. The molecule has 1 aromatic rings. The van der Waals surface area contributed by atoms with Crippen molar-refractivity contribution in [1.29, 1.82) is 0 Å². The second-order valence-electron chi connectivity index (χ2n) is 7.84. The van der Waals surface area contributed by atoms with Crippen molar-refractivity contribution >= 4 is 29.1 Å². The normalized spacial score (nSPS) is 25.0. The van der Waals surface area contributed by atoms with Gasteiger partial charge in [-0.1, -0.05) is 25.0 Å². The minimum absolute atomic E-state index is 0.0741. The molecule has 0 spiro atoms. The van der Waals surface area contributed by atoms with E-state index >= 15 is 0 Å². The van der Waals surface area contributed by atoms with Gasteiger partial charge >= 0.3 is 0 Å². The first-order chi connectivity index (χ1) is 13.1. The van der Waals surface area contributed by atoms with Gasteiger partial charge in [0.1, 0.15) is 0 Å². The molecular formula is C21H27N3O3. The van der Waals surface area contributed by atoms with E-state index in [0.29, 0.717) is 0 Å². The number of amides is 3. The lowest BCUT2D eigenvalue weighted by atomic mass is 9.81. The fourth-order valence-corrected chi connectivity index (χ4v) is 4.69. The van der Waals surface area contributed by atoms with Gasteiger partial charge < -0.3 is 10.2 Å². The Morgan fingerprint density at radius 1 is 0.963 bits per heavy atom. The second-order valence-corrected chi connectivity index (χ2v) is 7.84. The van der Waals surface area contributed by atoms with Gasteiger partial charge in [0.2, 0.25) is 17.7 Å². The molecule has 3 fully saturated rings. The van der Waals surface area contributed by atoms with Crippen LogP contribution in [0.2, 0.25) is 0 Å². The Labute approximate surface area is 159 Å². The lowest BCUT2D eigenvalue weighted by Crippen LogP contribution is -2.34. The van der Waals surface area contributed by atoms with Gasteiger partial charge in [-0.3, -0.25) is 19.3 Å². The number of nitrogens with one attached hydrogen (secondary N) is 1. The van der Waals surface area contributed by atoms with E-state index in [-0.39, 0.29) is 42.5 Å². The summed E-state index contributed by atoms with van der Waals surface area (Å²) in [6, 6.07) is 7.82. The quantitative estimate of drug-likeness (QED) is 0.811. The van der Waals surface area contributed by atoms with Crippen LogP contribution in [-0.4, -0.2) is 42.3 Å². The number of hydrogen-bond acceptors (Lipinski definition) is 4. The molecule has 1 aromatic carbocycles. The summed E-state index contributed by atoms with van der Waals surface area (Å²) in [4.78, 5) is 41.1. The van der Waals surface area contributed by atoms with Crippen molar-refractivity contribution in [2.45, 2.75) is 44.9 Å². The number of anilines is 2. The maximum Gasteiger partial charge on any atom is 0.233 e. The van der Waals surface area contributed by atoms with Gasteiger partial charge in [0.15, 0.2) is 0 Å². The van der Waals surface area contributed by atoms with Crippen molar-refractivity contribution in [3.05, 3.63) is 24.3 Å². The lowest BCUT2D eigenvalue weighted by molar-refractivity contribution is -0.140. The molecular weight excluding hydrogens is 342 g/mol. The predicted molar refractivity (Wildman–Crippen MR) is 103 cm³/mol. The molecule has 6 nitrogen and oxygen atoms in total. The summed E-state index contributed by atoms with van der Waals surface area (Å²) in [5, 5.41) is 2.97. The standard InChI is InChI=1S/C21H27N3O3/c25-19(22-17-9-3-4-10-18(17)23-12-5-6-13-23)11-14-24-20(26)15-7-1-2-8-16(15)21(24)27/h3-4,9-10,15-16H,1-2,5-8,11-14H2,(H,22,25)/t15-,16-/m0/s1. The number of likely N-dealkylation sites (tertiary alicyclic amines) is 1. The molecule has 1 N–H and O–H groups in total.